The molecular weight excluding hydrogens is 457 g/mol. The molecule has 6 nitrogen and oxygen atoms in total. The number of anilines is 2. The summed E-state index contributed by atoms with van der Waals surface area (Å²) in [4.78, 5) is 33.2. The van der Waals surface area contributed by atoms with Crippen molar-refractivity contribution in [2.45, 2.75) is 25.4 Å². The first-order chi connectivity index (χ1) is 17.5. The average molecular weight is 488 g/mol. The van der Waals surface area contributed by atoms with E-state index in [0.29, 0.717) is 31.7 Å². The molecule has 186 valence electrons. The number of carbonyl (C=O) groups excluding carboxylic acids is 2. The van der Waals surface area contributed by atoms with Gasteiger partial charge in [-0.25, -0.2) is 4.39 Å². The van der Waals surface area contributed by atoms with E-state index in [9.17, 15) is 14.0 Å². The number of hydrogen-bond acceptors (Lipinski definition) is 4. The Morgan fingerprint density at radius 2 is 1.61 bits per heavy atom. The third-order valence-electron chi connectivity index (χ3n) is 6.95. The van der Waals surface area contributed by atoms with Crippen LogP contribution in [0.15, 0.2) is 78.9 Å². The number of halogens is 1. The second-order valence-electron chi connectivity index (χ2n) is 9.33. The molecule has 2 amide bonds. The van der Waals surface area contributed by atoms with Crippen LogP contribution in [-0.2, 0) is 9.53 Å². The number of morpholine rings is 1. The number of rotatable bonds is 5. The molecule has 2 atom stereocenters. The predicted octanol–water partition coefficient (Wildman–Crippen LogP) is 4.67. The van der Waals surface area contributed by atoms with Crippen LogP contribution in [0.3, 0.4) is 0 Å². The van der Waals surface area contributed by atoms with Crippen LogP contribution in [0.5, 0.6) is 0 Å². The zero-order valence-corrected chi connectivity index (χ0v) is 20.3. The van der Waals surface area contributed by atoms with E-state index in [0.717, 1.165) is 30.0 Å². The van der Waals surface area contributed by atoms with E-state index in [1.165, 1.54) is 24.3 Å². The molecule has 0 N–H and O–H groups in total. The Bertz CT molecular complexity index is 1210. The van der Waals surface area contributed by atoms with Gasteiger partial charge in [-0.2, -0.15) is 0 Å². The molecule has 2 aliphatic heterocycles. The Morgan fingerprint density at radius 1 is 0.944 bits per heavy atom. The highest BCUT2D eigenvalue weighted by atomic mass is 19.1. The zero-order valence-electron chi connectivity index (χ0n) is 20.3. The molecular formula is C29H30FN3O3. The number of amides is 2. The molecule has 5 rings (SSSR count). The second-order valence-corrected chi connectivity index (χ2v) is 9.33. The predicted molar refractivity (Wildman–Crippen MR) is 138 cm³/mol. The maximum absolute atomic E-state index is 13.8. The van der Waals surface area contributed by atoms with Gasteiger partial charge in [0.25, 0.3) is 5.91 Å². The lowest BCUT2D eigenvalue weighted by atomic mass is 9.89. The molecule has 7 heteroatoms. The molecule has 0 spiro atoms. The second kappa shape index (κ2) is 10.6. The van der Waals surface area contributed by atoms with Gasteiger partial charge in [0.1, 0.15) is 5.82 Å². The molecule has 36 heavy (non-hydrogen) atoms. The van der Waals surface area contributed by atoms with Crippen LogP contribution in [0.2, 0.25) is 0 Å². The van der Waals surface area contributed by atoms with Gasteiger partial charge >= 0.3 is 0 Å². The van der Waals surface area contributed by atoms with Crippen molar-refractivity contribution in [3.63, 3.8) is 0 Å². The molecule has 1 fully saturated rings. The largest absolute Gasteiger partial charge is 0.379 e. The summed E-state index contributed by atoms with van der Waals surface area (Å²) in [5, 5.41) is 0. The summed E-state index contributed by atoms with van der Waals surface area (Å²) in [5.41, 5.74) is 2.96. The van der Waals surface area contributed by atoms with Crippen molar-refractivity contribution in [2.24, 2.45) is 0 Å². The summed E-state index contributed by atoms with van der Waals surface area (Å²) in [6, 6.07) is 22.7. The van der Waals surface area contributed by atoms with E-state index < -0.39 is 0 Å². The fourth-order valence-electron chi connectivity index (χ4n) is 5.18. The van der Waals surface area contributed by atoms with Crippen LogP contribution < -0.4 is 9.80 Å². The van der Waals surface area contributed by atoms with E-state index >= 15 is 0 Å². The molecule has 2 aliphatic rings. The first-order valence-corrected chi connectivity index (χ1v) is 12.4. The number of hydrogen-bond donors (Lipinski definition) is 0. The van der Waals surface area contributed by atoms with Gasteiger partial charge in [0.05, 0.1) is 25.8 Å². The molecule has 1 saturated heterocycles. The van der Waals surface area contributed by atoms with Crippen molar-refractivity contribution in [1.29, 1.82) is 0 Å². The molecule has 2 unspecified atom stereocenters. The summed E-state index contributed by atoms with van der Waals surface area (Å²) in [6.07, 6.45) is 0.577. The van der Waals surface area contributed by atoms with Gasteiger partial charge in [-0.15, -0.1) is 0 Å². The molecule has 0 aromatic heterocycles. The Hall–Kier alpha value is -3.55. The van der Waals surface area contributed by atoms with E-state index in [1.54, 1.807) is 4.90 Å². The molecule has 0 saturated carbocycles. The monoisotopic (exact) mass is 487 g/mol. The van der Waals surface area contributed by atoms with Gasteiger partial charge in [0.15, 0.2) is 0 Å². The van der Waals surface area contributed by atoms with Gasteiger partial charge in [-0.1, -0.05) is 36.4 Å². The molecule has 0 bridgehead atoms. The lowest BCUT2D eigenvalue weighted by Gasteiger charge is -2.44. The molecule has 3 aromatic rings. The van der Waals surface area contributed by atoms with Crippen molar-refractivity contribution in [1.82, 2.24) is 4.90 Å². The summed E-state index contributed by atoms with van der Waals surface area (Å²) < 4.78 is 18.9. The van der Waals surface area contributed by atoms with E-state index in [4.69, 9.17) is 4.74 Å². The highest BCUT2D eigenvalue weighted by Crippen LogP contribution is 2.42. The Balaban J connectivity index is 1.51. The fourth-order valence-corrected chi connectivity index (χ4v) is 5.18. The Morgan fingerprint density at radius 3 is 2.33 bits per heavy atom. The van der Waals surface area contributed by atoms with Gasteiger partial charge < -0.3 is 14.5 Å². The highest BCUT2D eigenvalue weighted by molar-refractivity contribution is 6.07. The van der Waals surface area contributed by atoms with Crippen molar-refractivity contribution >= 4 is 23.2 Å². The quantitative estimate of drug-likeness (QED) is 0.525. The van der Waals surface area contributed by atoms with Crippen molar-refractivity contribution in [2.75, 3.05) is 42.6 Å². The van der Waals surface area contributed by atoms with Crippen LogP contribution in [0.4, 0.5) is 15.8 Å². The van der Waals surface area contributed by atoms with Gasteiger partial charge in [0, 0.05) is 36.1 Å². The van der Waals surface area contributed by atoms with E-state index in [-0.39, 0.29) is 29.7 Å². The Labute approximate surface area is 210 Å². The first-order valence-electron chi connectivity index (χ1n) is 12.4. The summed E-state index contributed by atoms with van der Waals surface area (Å²) in [6.45, 7) is 5.02. The van der Waals surface area contributed by atoms with Crippen LogP contribution in [0, 0.1) is 5.82 Å². The third-order valence-corrected chi connectivity index (χ3v) is 6.95. The van der Waals surface area contributed by atoms with E-state index in [2.05, 4.69) is 4.90 Å². The Kier molecular flexibility index (Phi) is 7.11. The lowest BCUT2D eigenvalue weighted by molar-refractivity contribution is -0.121. The van der Waals surface area contributed by atoms with Crippen LogP contribution in [0.1, 0.15) is 35.3 Å². The number of ether oxygens (including phenoxy) is 1. The first kappa shape index (κ1) is 24.2. The minimum absolute atomic E-state index is 0.0217. The topological polar surface area (TPSA) is 53.1 Å². The smallest absolute Gasteiger partial charge is 0.258 e. The number of benzene rings is 3. The van der Waals surface area contributed by atoms with Gasteiger partial charge in [-0.3, -0.25) is 14.5 Å². The molecule has 0 aliphatic carbocycles. The number of fused-ring (bicyclic) bond motifs is 1. The normalized spacial score (nSPS) is 20.0. The summed E-state index contributed by atoms with van der Waals surface area (Å²) in [7, 11) is 0. The third kappa shape index (κ3) is 4.90. The highest BCUT2D eigenvalue weighted by Gasteiger charge is 2.39. The fraction of sp³-hybridized carbons (Fsp3) is 0.310. The minimum Gasteiger partial charge on any atom is -0.379 e. The van der Waals surface area contributed by atoms with Crippen LogP contribution >= 0.6 is 0 Å². The zero-order chi connectivity index (χ0) is 25.1. The minimum atomic E-state index is -0.379. The van der Waals surface area contributed by atoms with E-state index in [1.807, 2.05) is 66.4 Å². The van der Waals surface area contributed by atoms with Crippen LogP contribution in [0.25, 0.3) is 0 Å². The molecule has 2 heterocycles. The molecule has 3 aromatic carbocycles. The maximum Gasteiger partial charge on any atom is 0.258 e. The van der Waals surface area contributed by atoms with Crippen molar-refractivity contribution < 1.29 is 18.7 Å². The number of para-hydroxylation sites is 2. The van der Waals surface area contributed by atoms with Crippen molar-refractivity contribution in [3.8, 4) is 0 Å². The summed E-state index contributed by atoms with van der Waals surface area (Å²) in [5.74, 6) is -0.538. The maximum atomic E-state index is 13.8. The summed E-state index contributed by atoms with van der Waals surface area (Å²) >= 11 is 0. The SMILES string of the molecule is CC1CC(N(C(=O)CN2CCOCC2)c2ccccc2)c2ccccc2N1C(=O)c1ccc(F)cc1. The van der Waals surface area contributed by atoms with Crippen LogP contribution in [-0.4, -0.2) is 55.6 Å². The number of carbonyl (C=O) groups is 2. The number of nitrogens with zero attached hydrogens (tertiary/aromatic N) is 3. The van der Waals surface area contributed by atoms with Gasteiger partial charge in [-0.05, 0) is 61.4 Å². The van der Waals surface area contributed by atoms with Crippen molar-refractivity contribution in [3.05, 3.63) is 95.8 Å². The molecule has 0 radical (unpaired) electrons. The average Bonchev–Trinajstić information content (AvgIpc) is 2.90. The standard InChI is InChI=1S/C29H30FN3O3/c1-21-19-27(33(24-7-3-2-4-8-24)28(34)20-31-15-17-36-18-16-31)25-9-5-6-10-26(25)32(21)29(35)22-11-13-23(30)14-12-22/h2-14,21,27H,15-20H2,1H3. The lowest BCUT2D eigenvalue weighted by Crippen LogP contribution is -2.50. The van der Waals surface area contributed by atoms with Gasteiger partial charge in [0.2, 0.25) is 5.91 Å².